The highest BCUT2D eigenvalue weighted by molar-refractivity contribution is 5.92. The van der Waals surface area contributed by atoms with Crippen LogP contribution in [-0.4, -0.2) is 49.8 Å². The lowest BCUT2D eigenvalue weighted by molar-refractivity contribution is -0.117. The molecule has 2 fully saturated rings. The summed E-state index contributed by atoms with van der Waals surface area (Å²) in [5.41, 5.74) is 10.2. The average Bonchev–Trinajstić information content (AvgIpc) is 2.93. The third-order valence-corrected chi connectivity index (χ3v) is 8.88. The summed E-state index contributed by atoms with van der Waals surface area (Å²) < 4.78 is 0. The number of carbonyl (C=O) groups is 2. The standard InChI is InChI=1S/C34H42N4O4/c1-22(2)38(32(40)41)27-15-9-23(10-16-27)17-31(39)37-30-18-28(24-7-5-4-6-8-24)29(19-36-30)25-11-13-26(14-12-25)34(35)20-33(3,42)21-34/h4-8,11-14,18-19,22-23,27,42H,9-10,15-17,20-21,35H2,1-3H3,(H,40,41)(H,36,37,39)/t23?,27?,33-,34-. The summed E-state index contributed by atoms with van der Waals surface area (Å²) in [5, 5.41) is 22.8. The van der Waals surface area contributed by atoms with Gasteiger partial charge in [0.25, 0.3) is 0 Å². The number of aromatic nitrogens is 1. The zero-order valence-electron chi connectivity index (χ0n) is 24.7. The number of hydrogen-bond donors (Lipinski definition) is 4. The highest BCUT2D eigenvalue weighted by atomic mass is 16.4. The molecule has 0 saturated heterocycles. The minimum atomic E-state index is -0.873. The summed E-state index contributed by atoms with van der Waals surface area (Å²) in [6.07, 6.45) is 5.59. The zero-order valence-corrected chi connectivity index (χ0v) is 24.7. The van der Waals surface area contributed by atoms with E-state index >= 15 is 0 Å². The second kappa shape index (κ2) is 11.9. The molecule has 2 aliphatic carbocycles. The smallest absolute Gasteiger partial charge is 0.407 e. The largest absolute Gasteiger partial charge is 0.465 e. The van der Waals surface area contributed by atoms with E-state index in [2.05, 4.69) is 10.3 Å². The second-order valence-corrected chi connectivity index (χ2v) is 12.8. The number of aliphatic hydroxyl groups is 1. The maximum Gasteiger partial charge on any atom is 0.407 e. The molecule has 8 heteroatoms. The maximum absolute atomic E-state index is 13.0. The molecule has 0 radical (unpaired) electrons. The fourth-order valence-corrected chi connectivity index (χ4v) is 6.99. The van der Waals surface area contributed by atoms with Gasteiger partial charge < -0.3 is 26.2 Å². The van der Waals surface area contributed by atoms with Gasteiger partial charge in [-0.1, -0.05) is 54.6 Å². The summed E-state index contributed by atoms with van der Waals surface area (Å²) in [6, 6.07) is 20.1. The molecular weight excluding hydrogens is 528 g/mol. The lowest BCUT2D eigenvalue weighted by Crippen LogP contribution is -2.58. The van der Waals surface area contributed by atoms with Crippen molar-refractivity contribution in [3.05, 3.63) is 72.4 Å². The Labute approximate surface area is 248 Å². The van der Waals surface area contributed by atoms with Crippen LogP contribution in [-0.2, 0) is 10.3 Å². The molecule has 2 saturated carbocycles. The van der Waals surface area contributed by atoms with Crippen LogP contribution in [0.5, 0.6) is 0 Å². The van der Waals surface area contributed by atoms with E-state index < -0.39 is 17.2 Å². The Morgan fingerprint density at radius 3 is 2.19 bits per heavy atom. The Balaban J connectivity index is 1.28. The van der Waals surface area contributed by atoms with Gasteiger partial charge in [0.15, 0.2) is 0 Å². The molecule has 0 spiro atoms. The quantitative estimate of drug-likeness (QED) is 0.248. The van der Waals surface area contributed by atoms with Gasteiger partial charge in [-0.15, -0.1) is 0 Å². The van der Waals surface area contributed by atoms with Crippen LogP contribution in [0.25, 0.3) is 22.3 Å². The van der Waals surface area contributed by atoms with Crippen molar-refractivity contribution in [3.63, 3.8) is 0 Å². The molecule has 1 heterocycles. The Bertz CT molecular complexity index is 1410. The predicted octanol–water partition coefficient (Wildman–Crippen LogP) is 6.39. The molecule has 0 bridgehead atoms. The first-order valence-corrected chi connectivity index (χ1v) is 14.9. The molecule has 42 heavy (non-hydrogen) atoms. The van der Waals surface area contributed by atoms with E-state index in [0.717, 1.165) is 53.5 Å². The third-order valence-electron chi connectivity index (χ3n) is 8.88. The highest BCUT2D eigenvalue weighted by Gasteiger charge is 2.49. The summed E-state index contributed by atoms with van der Waals surface area (Å²) in [6.45, 7) is 5.63. The Hall–Kier alpha value is -3.75. The molecule has 222 valence electrons. The summed E-state index contributed by atoms with van der Waals surface area (Å²) in [7, 11) is 0. The Morgan fingerprint density at radius 2 is 1.62 bits per heavy atom. The van der Waals surface area contributed by atoms with Crippen LogP contribution in [0.15, 0.2) is 66.9 Å². The molecule has 2 amide bonds. The Kier molecular flexibility index (Phi) is 8.39. The fraction of sp³-hybridized carbons (Fsp3) is 0.441. The zero-order chi connectivity index (χ0) is 30.1. The van der Waals surface area contributed by atoms with E-state index in [4.69, 9.17) is 5.73 Å². The number of carboxylic acid groups (broad SMARTS) is 1. The minimum Gasteiger partial charge on any atom is -0.465 e. The van der Waals surface area contributed by atoms with Gasteiger partial charge in [-0.25, -0.2) is 9.78 Å². The molecule has 0 aliphatic heterocycles. The molecule has 0 unspecified atom stereocenters. The van der Waals surface area contributed by atoms with Crippen molar-refractivity contribution in [2.24, 2.45) is 11.7 Å². The van der Waals surface area contributed by atoms with E-state index in [1.165, 1.54) is 0 Å². The maximum atomic E-state index is 13.0. The Morgan fingerprint density at radius 1 is 1.00 bits per heavy atom. The molecule has 5 rings (SSSR count). The number of pyridine rings is 1. The lowest BCUT2D eigenvalue weighted by atomic mass is 9.63. The van der Waals surface area contributed by atoms with Crippen molar-refractivity contribution >= 4 is 17.8 Å². The first kappa shape index (κ1) is 29.7. The molecule has 2 aliphatic rings. The van der Waals surface area contributed by atoms with Crippen molar-refractivity contribution in [2.45, 2.75) is 88.9 Å². The van der Waals surface area contributed by atoms with Crippen LogP contribution in [0.2, 0.25) is 0 Å². The van der Waals surface area contributed by atoms with E-state index in [1.807, 2.05) is 81.4 Å². The van der Waals surface area contributed by atoms with E-state index in [0.29, 0.717) is 25.1 Å². The van der Waals surface area contributed by atoms with Gasteiger partial charge in [-0.05, 0) is 93.5 Å². The molecule has 2 aromatic carbocycles. The number of benzene rings is 2. The number of anilines is 1. The van der Waals surface area contributed by atoms with Crippen molar-refractivity contribution in [2.75, 3.05) is 5.32 Å². The van der Waals surface area contributed by atoms with Crippen molar-refractivity contribution in [1.29, 1.82) is 0 Å². The minimum absolute atomic E-state index is 0.0116. The fourth-order valence-electron chi connectivity index (χ4n) is 6.99. The van der Waals surface area contributed by atoms with Crippen molar-refractivity contribution < 1.29 is 19.8 Å². The first-order chi connectivity index (χ1) is 19.9. The lowest BCUT2D eigenvalue weighted by Gasteiger charge is -2.49. The first-order valence-electron chi connectivity index (χ1n) is 14.9. The number of nitrogens with two attached hydrogens (primary N) is 1. The van der Waals surface area contributed by atoms with E-state index in [9.17, 15) is 19.8 Å². The van der Waals surface area contributed by atoms with Crippen LogP contribution in [0.4, 0.5) is 10.6 Å². The van der Waals surface area contributed by atoms with Crippen LogP contribution in [0.1, 0.15) is 71.3 Å². The van der Waals surface area contributed by atoms with Gasteiger partial charge in [0.05, 0.1) is 5.60 Å². The molecule has 3 aromatic rings. The number of amides is 2. The topological polar surface area (TPSA) is 129 Å². The van der Waals surface area contributed by atoms with Gasteiger partial charge >= 0.3 is 6.09 Å². The van der Waals surface area contributed by atoms with Gasteiger partial charge in [0.1, 0.15) is 5.82 Å². The van der Waals surface area contributed by atoms with Gasteiger partial charge in [0, 0.05) is 35.8 Å². The average molecular weight is 571 g/mol. The van der Waals surface area contributed by atoms with E-state index in [-0.39, 0.29) is 23.9 Å². The predicted molar refractivity (Wildman–Crippen MR) is 165 cm³/mol. The van der Waals surface area contributed by atoms with E-state index in [1.54, 1.807) is 11.1 Å². The third kappa shape index (κ3) is 6.50. The SMILES string of the molecule is CC(C)N(C(=O)O)C1CCC(CC(=O)Nc2cc(-c3ccccc3)c(-c3ccc([C@]4(N)C[C@](C)(O)C4)cc3)cn2)CC1. The van der Waals surface area contributed by atoms with Crippen molar-refractivity contribution in [1.82, 2.24) is 9.88 Å². The van der Waals surface area contributed by atoms with Crippen LogP contribution in [0.3, 0.4) is 0 Å². The number of hydrogen-bond acceptors (Lipinski definition) is 5. The van der Waals surface area contributed by atoms with Crippen LogP contribution < -0.4 is 11.1 Å². The normalized spacial score (nSPS) is 25.5. The van der Waals surface area contributed by atoms with Gasteiger partial charge in [0.2, 0.25) is 5.91 Å². The summed E-state index contributed by atoms with van der Waals surface area (Å²) >= 11 is 0. The molecule has 5 N–H and O–H groups in total. The second-order valence-electron chi connectivity index (χ2n) is 12.8. The van der Waals surface area contributed by atoms with Gasteiger partial charge in [-0.3, -0.25) is 4.79 Å². The number of rotatable bonds is 8. The summed E-state index contributed by atoms with van der Waals surface area (Å²) in [5.74, 6) is 0.647. The molecule has 8 nitrogen and oxygen atoms in total. The highest BCUT2D eigenvalue weighted by Crippen LogP contribution is 2.46. The monoisotopic (exact) mass is 570 g/mol. The number of nitrogens with zero attached hydrogens (tertiary/aromatic N) is 2. The van der Waals surface area contributed by atoms with Crippen LogP contribution in [0, 0.1) is 5.92 Å². The number of carbonyl (C=O) groups excluding carboxylic acids is 1. The molecular formula is C34H42N4O4. The van der Waals surface area contributed by atoms with Crippen molar-refractivity contribution in [3.8, 4) is 22.3 Å². The summed E-state index contributed by atoms with van der Waals surface area (Å²) in [4.78, 5) is 30.9. The van der Waals surface area contributed by atoms with Gasteiger partial charge in [-0.2, -0.15) is 0 Å². The number of nitrogens with one attached hydrogen (secondary N) is 1. The van der Waals surface area contributed by atoms with Crippen LogP contribution >= 0.6 is 0 Å². The molecule has 0 atom stereocenters. The molecule has 1 aromatic heterocycles.